The van der Waals surface area contributed by atoms with Crippen LogP contribution in [0.25, 0.3) is 21.8 Å². The Balaban J connectivity index is 2.60. The molecular weight excluding hydrogens is 294 g/mol. The van der Waals surface area contributed by atoms with Crippen molar-refractivity contribution in [1.29, 1.82) is 0 Å². The van der Waals surface area contributed by atoms with E-state index in [1.54, 1.807) is 6.07 Å². The maximum atomic E-state index is 12.4. The molecule has 3 aromatic rings. The molecule has 0 unspecified atom stereocenters. The first-order chi connectivity index (χ1) is 11.0. The lowest BCUT2D eigenvalue weighted by Crippen LogP contribution is -2.13. The van der Waals surface area contributed by atoms with Crippen LogP contribution in [-0.2, 0) is 16.5 Å². The van der Waals surface area contributed by atoms with Gasteiger partial charge in [-0.05, 0) is 24.6 Å². The molecule has 118 valence electrons. The van der Waals surface area contributed by atoms with Crippen LogP contribution in [0.3, 0.4) is 0 Å². The highest BCUT2D eigenvalue weighted by atomic mass is 16.5. The van der Waals surface area contributed by atoms with Crippen LogP contribution in [0, 0.1) is 6.92 Å². The van der Waals surface area contributed by atoms with Gasteiger partial charge in [0.25, 0.3) is 0 Å². The second kappa shape index (κ2) is 5.43. The summed E-state index contributed by atoms with van der Waals surface area (Å²) in [6, 6.07) is 9.44. The number of benzene rings is 2. The van der Waals surface area contributed by atoms with Crippen LogP contribution in [0.5, 0.6) is 0 Å². The zero-order chi connectivity index (χ0) is 16.7. The Morgan fingerprint density at radius 3 is 2.35 bits per heavy atom. The average Bonchev–Trinajstić information content (AvgIpc) is 2.87. The lowest BCUT2D eigenvalue weighted by atomic mass is 9.97. The number of esters is 2. The molecule has 2 aromatic carbocycles. The minimum absolute atomic E-state index is 0.223. The van der Waals surface area contributed by atoms with E-state index in [4.69, 9.17) is 9.47 Å². The zero-order valence-corrected chi connectivity index (χ0v) is 13.5. The van der Waals surface area contributed by atoms with Crippen LogP contribution < -0.4 is 0 Å². The fourth-order valence-corrected chi connectivity index (χ4v) is 3.18. The predicted octanol–water partition coefficient (Wildman–Crippen LogP) is 3.21. The Morgan fingerprint density at radius 2 is 1.70 bits per heavy atom. The third-order valence-electron chi connectivity index (χ3n) is 4.16. The molecule has 0 fully saturated rings. The van der Waals surface area contributed by atoms with E-state index < -0.39 is 11.9 Å². The monoisotopic (exact) mass is 311 g/mol. The van der Waals surface area contributed by atoms with E-state index in [-0.39, 0.29) is 11.1 Å². The van der Waals surface area contributed by atoms with Gasteiger partial charge < -0.3 is 14.0 Å². The highest BCUT2D eigenvalue weighted by Gasteiger charge is 2.26. The summed E-state index contributed by atoms with van der Waals surface area (Å²) in [6.45, 7) is 1.91. The molecular formula is C18H17NO4. The summed E-state index contributed by atoms with van der Waals surface area (Å²) in [5.41, 5.74) is 3.25. The third kappa shape index (κ3) is 2.08. The van der Waals surface area contributed by atoms with Crippen molar-refractivity contribution in [2.45, 2.75) is 6.92 Å². The van der Waals surface area contributed by atoms with Crippen molar-refractivity contribution in [3.8, 4) is 0 Å². The topological polar surface area (TPSA) is 57.5 Å². The number of para-hydroxylation sites is 1. The molecule has 0 atom stereocenters. The summed E-state index contributed by atoms with van der Waals surface area (Å²) < 4.78 is 11.8. The Labute approximate surface area is 133 Å². The van der Waals surface area contributed by atoms with E-state index in [0.29, 0.717) is 0 Å². The van der Waals surface area contributed by atoms with Crippen LogP contribution in [0.2, 0.25) is 0 Å². The number of hydrogen-bond donors (Lipinski definition) is 0. The van der Waals surface area contributed by atoms with Crippen molar-refractivity contribution < 1.29 is 19.1 Å². The van der Waals surface area contributed by atoms with Gasteiger partial charge >= 0.3 is 11.9 Å². The molecule has 0 spiro atoms. The molecule has 0 amide bonds. The zero-order valence-electron chi connectivity index (χ0n) is 13.5. The number of aromatic nitrogens is 1. The molecule has 0 aliphatic heterocycles. The number of aryl methyl sites for hydroxylation is 2. The van der Waals surface area contributed by atoms with Gasteiger partial charge in [-0.3, -0.25) is 0 Å². The van der Waals surface area contributed by atoms with Crippen molar-refractivity contribution in [2.24, 2.45) is 7.05 Å². The summed E-state index contributed by atoms with van der Waals surface area (Å²) in [7, 11) is 4.54. The van der Waals surface area contributed by atoms with Crippen LogP contribution in [-0.4, -0.2) is 30.7 Å². The van der Waals surface area contributed by atoms with Crippen molar-refractivity contribution in [3.05, 3.63) is 47.0 Å². The Morgan fingerprint density at radius 1 is 1.04 bits per heavy atom. The second-order valence-corrected chi connectivity index (χ2v) is 5.40. The molecule has 0 radical (unpaired) electrons. The molecule has 23 heavy (non-hydrogen) atoms. The van der Waals surface area contributed by atoms with Crippen LogP contribution in [0.15, 0.2) is 30.3 Å². The smallest absolute Gasteiger partial charge is 0.339 e. The summed E-state index contributed by atoms with van der Waals surface area (Å²) >= 11 is 0. The fourth-order valence-electron chi connectivity index (χ4n) is 3.18. The molecule has 1 heterocycles. The lowest BCUT2D eigenvalue weighted by molar-refractivity contribution is 0.0557. The minimum atomic E-state index is -0.552. The number of rotatable bonds is 2. The molecule has 5 heteroatoms. The van der Waals surface area contributed by atoms with E-state index in [0.717, 1.165) is 27.4 Å². The predicted molar refractivity (Wildman–Crippen MR) is 87.8 cm³/mol. The Kier molecular flexibility index (Phi) is 3.56. The van der Waals surface area contributed by atoms with Crippen molar-refractivity contribution in [1.82, 2.24) is 4.57 Å². The molecule has 3 rings (SSSR count). The molecule has 1 aromatic heterocycles. The van der Waals surface area contributed by atoms with E-state index in [1.807, 2.05) is 42.8 Å². The number of methoxy groups -OCH3 is 2. The third-order valence-corrected chi connectivity index (χ3v) is 4.16. The largest absolute Gasteiger partial charge is 0.465 e. The van der Waals surface area contributed by atoms with E-state index >= 15 is 0 Å². The summed E-state index contributed by atoms with van der Waals surface area (Å²) in [5.74, 6) is -1.10. The number of carbonyl (C=O) groups excluding carboxylic acids is 2. The first kappa shape index (κ1) is 15.1. The van der Waals surface area contributed by atoms with Crippen LogP contribution in [0.4, 0.5) is 0 Å². The van der Waals surface area contributed by atoms with Crippen molar-refractivity contribution >= 4 is 33.7 Å². The average molecular weight is 311 g/mol. The fraction of sp³-hybridized carbons (Fsp3) is 0.222. The minimum Gasteiger partial charge on any atom is -0.465 e. The molecule has 5 nitrogen and oxygen atoms in total. The summed E-state index contributed by atoms with van der Waals surface area (Å²) in [5, 5.41) is 1.62. The first-order valence-corrected chi connectivity index (χ1v) is 7.18. The normalized spacial score (nSPS) is 11.0. The highest BCUT2D eigenvalue weighted by Crippen LogP contribution is 2.35. The van der Waals surface area contributed by atoms with E-state index in [1.165, 1.54) is 14.2 Å². The number of carbonyl (C=O) groups is 2. The molecule has 0 aliphatic carbocycles. The summed E-state index contributed by atoms with van der Waals surface area (Å²) in [4.78, 5) is 24.6. The van der Waals surface area contributed by atoms with Gasteiger partial charge in [-0.1, -0.05) is 18.2 Å². The van der Waals surface area contributed by atoms with E-state index in [9.17, 15) is 9.59 Å². The van der Waals surface area contributed by atoms with Gasteiger partial charge in [0.15, 0.2) is 0 Å². The van der Waals surface area contributed by atoms with Gasteiger partial charge in [0.1, 0.15) is 0 Å². The molecule has 0 bridgehead atoms. The standard InChI is InChI=1S/C18H17NO4/c1-10-9-12(17(20)22-3)15(18(21)23-4)14-11-7-5-6-8-13(11)19(2)16(10)14/h5-9H,1-4H3. The lowest BCUT2D eigenvalue weighted by Gasteiger charge is -2.11. The second-order valence-electron chi connectivity index (χ2n) is 5.40. The van der Waals surface area contributed by atoms with Gasteiger partial charge in [0.2, 0.25) is 0 Å². The number of ether oxygens (including phenoxy) is 2. The summed E-state index contributed by atoms with van der Waals surface area (Å²) in [6.07, 6.45) is 0. The quantitative estimate of drug-likeness (QED) is 0.682. The number of hydrogen-bond acceptors (Lipinski definition) is 4. The van der Waals surface area contributed by atoms with Gasteiger partial charge in [-0.2, -0.15) is 0 Å². The number of fused-ring (bicyclic) bond motifs is 3. The molecule has 0 aliphatic rings. The first-order valence-electron chi connectivity index (χ1n) is 7.18. The van der Waals surface area contributed by atoms with Gasteiger partial charge in [-0.25, -0.2) is 9.59 Å². The van der Waals surface area contributed by atoms with Crippen LogP contribution in [0.1, 0.15) is 26.3 Å². The maximum Gasteiger partial charge on any atom is 0.339 e. The van der Waals surface area contributed by atoms with Gasteiger partial charge in [0, 0.05) is 23.3 Å². The highest BCUT2D eigenvalue weighted by molar-refractivity contribution is 6.21. The molecule has 0 N–H and O–H groups in total. The maximum absolute atomic E-state index is 12.4. The SMILES string of the molecule is COC(=O)c1cc(C)c2c(c1C(=O)OC)c1ccccc1n2C. The number of nitrogens with zero attached hydrogens (tertiary/aromatic N) is 1. The molecule has 0 saturated heterocycles. The van der Waals surface area contributed by atoms with E-state index in [2.05, 4.69) is 0 Å². The van der Waals surface area contributed by atoms with Gasteiger partial charge in [0.05, 0.1) is 30.9 Å². The van der Waals surface area contributed by atoms with Crippen molar-refractivity contribution in [2.75, 3.05) is 14.2 Å². The van der Waals surface area contributed by atoms with Crippen LogP contribution >= 0.6 is 0 Å². The Bertz CT molecular complexity index is 953. The molecule has 0 saturated carbocycles. The van der Waals surface area contributed by atoms with Gasteiger partial charge in [-0.15, -0.1) is 0 Å². The Hall–Kier alpha value is -2.82. The van der Waals surface area contributed by atoms with Crippen molar-refractivity contribution in [3.63, 3.8) is 0 Å².